The number of rotatable bonds is 7. The Kier molecular flexibility index (Phi) is 6.83. The van der Waals surface area contributed by atoms with Crippen LogP contribution in [0.2, 0.25) is 5.02 Å². The molecule has 2 aromatic rings. The summed E-state index contributed by atoms with van der Waals surface area (Å²) >= 11 is 5.76. The molecule has 1 amide bonds. The van der Waals surface area contributed by atoms with Crippen molar-refractivity contribution >= 4 is 23.5 Å². The molecule has 0 heterocycles. The van der Waals surface area contributed by atoms with Gasteiger partial charge in [0.2, 0.25) is 0 Å². The summed E-state index contributed by atoms with van der Waals surface area (Å²) < 4.78 is 10.6. The van der Waals surface area contributed by atoms with E-state index < -0.39 is 5.97 Å². The maximum Gasteiger partial charge on any atom is 0.325 e. The first-order valence-electron chi connectivity index (χ1n) is 7.84. The Morgan fingerprint density at radius 3 is 2.28 bits per heavy atom. The lowest BCUT2D eigenvalue weighted by atomic mass is 10.1. The first-order chi connectivity index (χ1) is 11.9. The summed E-state index contributed by atoms with van der Waals surface area (Å²) in [5, 5.41) is 3.04. The van der Waals surface area contributed by atoms with E-state index in [0.717, 1.165) is 16.9 Å². The average Bonchev–Trinajstić information content (AvgIpc) is 2.56. The fourth-order valence-electron chi connectivity index (χ4n) is 2.24. The molecule has 1 N–H and O–H groups in total. The molecule has 0 saturated heterocycles. The third-order valence-electron chi connectivity index (χ3n) is 3.31. The Balaban J connectivity index is 1.67. The summed E-state index contributed by atoms with van der Waals surface area (Å²) in [6, 6.07) is 12.3. The second-order valence-electron chi connectivity index (χ2n) is 5.58. The molecule has 0 saturated carbocycles. The molecule has 0 atom stereocenters. The molecule has 5 nitrogen and oxygen atoms in total. The highest BCUT2D eigenvalue weighted by molar-refractivity contribution is 6.30. The first kappa shape index (κ1) is 18.8. The van der Waals surface area contributed by atoms with E-state index >= 15 is 0 Å². The number of hydrogen-bond donors (Lipinski definition) is 1. The van der Waals surface area contributed by atoms with E-state index in [0.29, 0.717) is 10.6 Å². The molecule has 2 rings (SSSR count). The van der Waals surface area contributed by atoms with Gasteiger partial charge in [0, 0.05) is 10.6 Å². The minimum absolute atomic E-state index is 0.114. The van der Waals surface area contributed by atoms with Crippen LogP contribution in [0.3, 0.4) is 0 Å². The van der Waals surface area contributed by atoms with Crippen LogP contribution in [-0.4, -0.2) is 31.6 Å². The molecule has 0 spiro atoms. The van der Waals surface area contributed by atoms with Crippen LogP contribution in [0.1, 0.15) is 21.5 Å². The van der Waals surface area contributed by atoms with Crippen LogP contribution in [0, 0.1) is 13.8 Å². The number of amides is 1. The zero-order valence-electron chi connectivity index (χ0n) is 14.2. The van der Waals surface area contributed by atoms with Gasteiger partial charge in [0.1, 0.15) is 25.5 Å². The van der Waals surface area contributed by atoms with Crippen molar-refractivity contribution < 1.29 is 19.1 Å². The SMILES string of the molecule is Cc1cc(C)cc(OCCOC(=O)CNC(=O)c2ccc(Cl)cc2)c1. The summed E-state index contributed by atoms with van der Waals surface area (Å²) in [6.45, 7) is 4.14. The predicted octanol–water partition coefficient (Wildman–Crippen LogP) is 3.31. The number of nitrogens with one attached hydrogen (secondary N) is 1. The van der Waals surface area contributed by atoms with E-state index in [4.69, 9.17) is 21.1 Å². The lowest BCUT2D eigenvalue weighted by Gasteiger charge is -2.09. The summed E-state index contributed by atoms with van der Waals surface area (Å²) in [5.41, 5.74) is 2.64. The smallest absolute Gasteiger partial charge is 0.325 e. The lowest BCUT2D eigenvalue weighted by molar-refractivity contribution is -0.143. The summed E-state index contributed by atoms with van der Waals surface area (Å²) in [5.74, 6) is -0.143. The zero-order chi connectivity index (χ0) is 18.2. The second-order valence-corrected chi connectivity index (χ2v) is 6.02. The molecule has 0 aromatic heterocycles. The van der Waals surface area contributed by atoms with Gasteiger partial charge in [-0.15, -0.1) is 0 Å². The standard InChI is InChI=1S/C19H20ClNO4/c1-13-9-14(2)11-17(10-13)24-7-8-25-18(22)12-21-19(23)15-3-5-16(20)6-4-15/h3-6,9-11H,7-8,12H2,1-2H3,(H,21,23). The molecule has 0 bridgehead atoms. The van der Waals surface area contributed by atoms with Gasteiger partial charge >= 0.3 is 5.97 Å². The third kappa shape index (κ3) is 6.47. The van der Waals surface area contributed by atoms with E-state index in [-0.39, 0.29) is 25.7 Å². The van der Waals surface area contributed by atoms with Crippen molar-refractivity contribution in [3.63, 3.8) is 0 Å². The van der Waals surface area contributed by atoms with E-state index in [1.165, 1.54) is 0 Å². The minimum Gasteiger partial charge on any atom is -0.490 e. The van der Waals surface area contributed by atoms with Gasteiger partial charge in [0.15, 0.2) is 0 Å². The summed E-state index contributed by atoms with van der Waals surface area (Å²) in [4.78, 5) is 23.5. The quantitative estimate of drug-likeness (QED) is 0.607. The molecule has 25 heavy (non-hydrogen) atoms. The molecule has 0 aliphatic rings. The van der Waals surface area contributed by atoms with E-state index in [1.54, 1.807) is 24.3 Å². The largest absolute Gasteiger partial charge is 0.490 e. The lowest BCUT2D eigenvalue weighted by Crippen LogP contribution is -2.31. The number of carbonyl (C=O) groups excluding carboxylic acids is 2. The van der Waals surface area contributed by atoms with Crippen molar-refractivity contribution in [2.24, 2.45) is 0 Å². The van der Waals surface area contributed by atoms with Crippen molar-refractivity contribution in [1.29, 1.82) is 0 Å². The molecular formula is C19H20ClNO4. The summed E-state index contributed by atoms with van der Waals surface area (Å²) in [6.07, 6.45) is 0. The second kappa shape index (κ2) is 9.08. The van der Waals surface area contributed by atoms with Crippen LogP contribution < -0.4 is 10.1 Å². The Labute approximate surface area is 151 Å². The number of benzene rings is 2. The topological polar surface area (TPSA) is 64.6 Å². The van der Waals surface area contributed by atoms with Gasteiger partial charge in [-0.05, 0) is 61.4 Å². The van der Waals surface area contributed by atoms with Gasteiger partial charge in [-0.1, -0.05) is 17.7 Å². The predicted molar refractivity (Wildman–Crippen MR) is 96.2 cm³/mol. The maximum absolute atomic E-state index is 11.9. The normalized spacial score (nSPS) is 10.2. The van der Waals surface area contributed by atoms with Gasteiger partial charge in [-0.2, -0.15) is 0 Å². The highest BCUT2D eigenvalue weighted by Crippen LogP contribution is 2.15. The number of carbonyl (C=O) groups is 2. The van der Waals surface area contributed by atoms with Crippen LogP contribution >= 0.6 is 11.6 Å². The van der Waals surface area contributed by atoms with Gasteiger partial charge in [0.25, 0.3) is 5.91 Å². The van der Waals surface area contributed by atoms with Gasteiger partial charge in [0.05, 0.1) is 0 Å². The zero-order valence-corrected chi connectivity index (χ0v) is 14.9. The third-order valence-corrected chi connectivity index (χ3v) is 3.56. The van der Waals surface area contributed by atoms with Gasteiger partial charge in [-0.25, -0.2) is 0 Å². The van der Waals surface area contributed by atoms with Crippen LogP contribution in [0.5, 0.6) is 5.75 Å². The van der Waals surface area contributed by atoms with E-state index in [2.05, 4.69) is 11.4 Å². The van der Waals surface area contributed by atoms with Crippen LogP contribution in [0.4, 0.5) is 0 Å². The highest BCUT2D eigenvalue weighted by Gasteiger charge is 2.09. The molecule has 0 aliphatic heterocycles. The first-order valence-corrected chi connectivity index (χ1v) is 8.22. The molecule has 0 unspecified atom stereocenters. The number of ether oxygens (including phenoxy) is 2. The number of hydrogen-bond acceptors (Lipinski definition) is 4. The monoisotopic (exact) mass is 361 g/mol. The van der Waals surface area contributed by atoms with Crippen molar-refractivity contribution in [2.45, 2.75) is 13.8 Å². The van der Waals surface area contributed by atoms with Crippen LogP contribution in [0.15, 0.2) is 42.5 Å². The van der Waals surface area contributed by atoms with Crippen molar-refractivity contribution in [3.8, 4) is 5.75 Å². The van der Waals surface area contributed by atoms with Crippen LogP contribution in [-0.2, 0) is 9.53 Å². The molecule has 0 radical (unpaired) electrons. The highest BCUT2D eigenvalue weighted by atomic mass is 35.5. The molecule has 2 aromatic carbocycles. The Hall–Kier alpha value is -2.53. The number of esters is 1. The fourth-order valence-corrected chi connectivity index (χ4v) is 2.36. The Bertz CT molecular complexity index is 723. The molecule has 0 fully saturated rings. The maximum atomic E-state index is 11.9. The molecule has 132 valence electrons. The average molecular weight is 362 g/mol. The molecule has 6 heteroatoms. The number of halogens is 1. The minimum atomic E-state index is -0.522. The van der Waals surface area contributed by atoms with Gasteiger partial charge < -0.3 is 14.8 Å². The summed E-state index contributed by atoms with van der Waals surface area (Å²) in [7, 11) is 0. The van der Waals surface area contributed by atoms with Crippen molar-refractivity contribution in [2.75, 3.05) is 19.8 Å². The molecular weight excluding hydrogens is 342 g/mol. The van der Waals surface area contributed by atoms with Crippen molar-refractivity contribution in [1.82, 2.24) is 5.32 Å². The van der Waals surface area contributed by atoms with E-state index in [1.807, 2.05) is 26.0 Å². The Morgan fingerprint density at radius 2 is 1.64 bits per heavy atom. The molecule has 0 aliphatic carbocycles. The van der Waals surface area contributed by atoms with Gasteiger partial charge in [-0.3, -0.25) is 9.59 Å². The van der Waals surface area contributed by atoms with Crippen molar-refractivity contribution in [3.05, 3.63) is 64.2 Å². The van der Waals surface area contributed by atoms with E-state index in [9.17, 15) is 9.59 Å². The Morgan fingerprint density at radius 1 is 1.00 bits per heavy atom. The fraction of sp³-hybridized carbons (Fsp3) is 0.263. The van der Waals surface area contributed by atoms with Crippen LogP contribution in [0.25, 0.3) is 0 Å². The number of aryl methyl sites for hydroxylation is 2.